The zero-order chi connectivity index (χ0) is 15.5. The fourth-order valence-corrected chi connectivity index (χ4v) is 3.07. The van der Waals surface area contributed by atoms with Crippen molar-refractivity contribution >= 4 is 11.8 Å². The van der Waals surface area contributed by atoms with E-state index in [2.05, 4.69) is 22.1 Å². The largest absolute Gasteiger partial charge is 0.305 e. The van der Waals surface area contributed by atoms with Crippen LogP contribution in [0.1, 0.15) is 17.7 Å². The fraction of sp³-hybridized carbons (Fsp3) is 0.188. The van der Waals surface area contributed by atoms with Gasteiger partial charge in [0.05, 0.1) is 0 Å². The number of nitrogens with zero attached hydrogens (tertiary/aromatic N) is 4. The van der Waals surface area contributed by atoms with Gasteiger partial charge in [-0.15, -0.1) is 10.2 Å². The smallest absolute Gasteiger partial charge is 0.191 e. The van der Waals surface area contributed by atoms with Gasteiger partial charge < -0.3 is 4.57 Å². The average Bonchev–Trinajstić information content (AvgIpc) is 2.90. The summed E-state index contributed by atoms with van der Waals surface area (Å²) in [5, 5.41) is 9.49. The van der Waals surface area contributed by atoms with E-state index in [-0.39, 0.29) is 11.1 Å². The summed E-state index contributed by atoms with van der Waals surface area (Å²) >= 11 is 1.60. The maximum absolute atomic E-state index is 13.0. The van der Waals surface area contributed by atoms with E-state index < -0.39 is 0 Å². The van der Waals surface area contributed by atoms with Gasteiger partial charge in [0.25, 0.3) is 0 Å². The molecule has 0 N–H and O–H groups in total. The Kier molecular flexibility index (Phi) is 4.20. The summed E-state index contributed by atoms with van der Waals surface area (Å²) in [5.41, 5.74) is 2.03. The second-order valence-corrected chi connectivity index (χ2v) is 6.22. The third kappa shape index (κ3) is 3.01. The van der Waals surface area contributed by atoms with Crippen LogP contribution in [0.5, 0.6) is 0 Å². The van der Waals surface area contributed by atoms with Gasteiger partial charge in [0.15, 0.2) is 11.0 Å². The molecule has 1 unspecified atom stereocenters. The van der Waals surface area contributed by atoms with E-state index in [4.69, 9.17) is 0 Å². The van der Waals surface area contributed by atoms with Crippen LogP contribution in [-0.4, -0.2) is 19.7 Å². The number of halogens is 1. The third-order valence-corrected chi connectivity index (χ3v) is 4.59. The number of benzene rings is 1. The quantitative estimate of drug-likeness (QED) is 0.686. The first-order valence-electron chi connectivity index (χ1n) is 6.87. The van der Waals surface area contributed by atoms with E-state index in [1.165, 1.54) is 12.1 Å². The van der Waals surface area contributed by atoms with Crippen LogP contribution >= 0.6 is 11.8 Å². The lowest BCUT2D eigenvalue weighted by atomic mass is 10.2. The van der Waals surface area contributed by atoms with Crippen LogP contribution in [0.2, 0.25) is 0 Å². The number of aromatic nitrogens is 4. The van der Waals surface area contributed by atoms with Gasteiger partial charge >= 0.3 is 0 Å². The Balaban J connectivity index is 1.82. The van der Waals surface area contributed by atoms with Gasteiger partial charge in [-0.25, -0.2) is 4.39 Å². The van der Waals surface area contributed by atoms with Crippen molar-refractivity contribution in [3.05, 3.63) is 60.2 Å². The van der Waals surface area contributed by atoms with Gasteiger partial charge in [-0.05, 0) is 36.8 Å². The predicted molar refractivity (Wildman–Crippen MR) is 84.9 cm³/mol. The Bertz CT molecular complexity index is 756. The van der Waals surface area contributed by atoms with Gasteiger partial charge in [-0.3, -0.25) is 4.98 Å². The molecule has 0 radical (unpaired) electrons. The molecule has 1 atom stereocenters. The van der Waals surface area contributed by atoms with Gasteiger partial charge in [0.1, 0.15) is 5.82 Å². The van der Waals surface area contributed by atoms with Crippen molar-refractivity contribution in [2.45, 2.75) is 17.3 Å². The molecule has 0 amide bonds. The molecule has 0 saturated heterocycles. The molecule has 2 heterocycles. The minimum atomic E-state index is -0.223. The SMILES string of the molecule is CC(Sc1nnc(-c2ccncc2)n1C)c1ccc(F)cc1. The third-order valence-electron chi connectivity index (χ3n) is 3.40. The van der Waals surface area contributed by atoms with Crippen molar-refractivity contribution in [2.75, 3.05) is 0 Å². The number of hydrogen-bond donors (Lipinski definition) is 0. The maximum Gasteiger partial charge on any atom is 0.191 e. The van der Waals surface area contributed by atoms with Crippen molar-refractivity contribution in [1.29, 1.82) is 0 Å². The van der Waals surface area contributed by atoms with E-state index >= 15 is 0 Å². The van der Waals surface area contributed by atoms with Crippen LogP contribution in [0.15, 0.2) is 53.9 Å². The molecule has 2 aromatic heterocycles. The molecule has 0 aliphatic rings. The summed E-state index contributed by atoms with van der Waals surface area (Å²) in [7, 11) is 1.94. The summed E-state index contributed by atoms with van der Waals surface area (Å²) in [6.45, 7) is 2.07. The van der Waals surface area contributed by atoms with E-state index in [1.54, 1.807) is 36.3 Å². The van der Waals surface area contributed by atoms with Gasteiger partial charge in [-0.1, -0.05) is 23.9 Å². The molecule has 3 aromatic rings. The Morgan fingerprint density at radius 3 is 2.41 bits per heavy atom. The molecule has 6 heteroatoms. The van der Waals surface area contributed by atoms with Crippen molar-refractivity contribution < 1.29 is 4.39 Å². The van der Waals surface area contributed by atoms with E-state index in [0.29, 0.717) is 0 Å². The highest BCUT2D eigenvalue weighted by atomic mass is 32.2. The molecular weight excluding hydrogens is 299 g/mol. The van der Waals surface area contributed by atoms with Gasteiger partial charge in [0.2, 0.25) is 0 Å². The Morgan fingerprint density at radius 2 is 1.73 bits per heavy atom. The molecule has 3 rings (SSSR count). The van der Waals surface area contributed by atoms with Crippen LogP contribution in [0.25, 0.3) is 11.4 Å². The second-order valence-electron chi connectivity index (χ2n) is 4.91. The van der Waals surface area contributed by atoms with E-state index in [0.717, 1.165) is 22.1 Å². The first-order chi connectivity index (χ1) is 10.6. The fourth-order valence-electron chi connectivity index (χ4n) is 2.13. The predicted octanol–water partition coefficient (Wildman–Crippen LogP) is 3.87. The molecule has 112 valence electrons. The number of thioether (sulfide) groups is 1. The molecule has 0 fully saturated rings. The van der Waals surface area contributed by atoms with E-state index in [9.17, 15) is 4.39 Å². The Hall–Kier alpha value is -2.21. The average molecular weight is 314 g/mol. The summed E-state index contributed by atoms with van der Waals surface area (Å²) < 4.78 is 15.0. The monoisotopic (exact) mass is 314 g/mol. The zero-order valence-corrected chi connectivity index (χ0v) is 13.1. The summed E-state index contributed by atoms with van der Waals surface area (Å²) in [5.74, 6) is 0.579. The van der Waals surface area contributed by atoms with Crippen LogP contribution in [0.3, 0.4) is 0 Å². The maximum atomic E-state index is 13.0. The zero-order valence-electron chi connectivity index (χ0n) is 12.3. The number of rotatable bonds is 4. The van der Waals surface area contributed by atoms with E-state index in [1.807, 2.05) is 23.7 Å². The molecular formula is C16H15FN4S. The molecule has 1 aromatic carbocycles. The van der Waals surface area contributed by atoms with Crippen LogP contribution in [-0.2, 0) is 7.05 Å². The van der Waals surface area contributed by atoms with Crippen molar-refractivity contribution in [2.24, 2.45) is 7.05 Å². The van der Waals surface area contributed by atoms with Crippen LogP contribution in [0.4, 0.5) is 4.39 Å². The molecule has 0 spiro atoms. The number of hydrogen-bond acceptors (Lipinski definition) is 4. The molecule has 0 aliphatic heterocycles. The standard InChI is InChI=1S/C16H15FN4S/c1-11(12-3-5-14(17)6-4-12)22-16-20-19-15(21(16)2)13-7-9-18-10-8-13/h3-11H,1-2H3. The molecule has 0 bridgehead atoms. The summed E-state index contributed by atoms with van der Waals surface area (Å²) in [6, 6.07) is 10.4. The normalized spacial score (nSPS) is 12.3. The highest BCUT2D eigenvalue weighted by Crippen LogP contribution is 2.34. The second kappa shape index (κ2) is 6.27. The Labute approximate surface area is 132 Å². The Morgan fingerprint density at radius 1 is 1.05 bits per heavy atom. The lowest BCUT2D eigenvalue weighted by Gasteiger charge is -2.11. The van der Waals surface area contributed by atoms with Crippen molar-refractivity contribution in [3.8, 4) is 11.4 Å². The lowest BCUT2D eigenvalue weighted by molar-refractivity contribution is 0.627. The topological polar surface area (TPSA) is 43.6 Å². The minimum absolute atomic E-state index is 0.161. The first-order valence-corrected chi connectivity index (χ1v) is 7.75. The van der Waals surface area contributed by atoms with Gasteiger partial charge in [-0.2, -0.15) is 0 Å². The summed E-state index contributed by atoms with van der Waals surface area (Å²) in [4.78, 5) is 4.01. The van der Waals surface area contributed by atoms with Crippen LogP contribution in [0, 0.1) is 5.82 Å². The van der Waals surface area contributed by atoms with Crippen molar-refractivity contribution in [3.63, 3.8) is 0 Å². The molecule has 4 nitrogen and oxygen atoms in total. The molecule has 22 heavy (non-hydrogen) atoms. The number of pyridine rings is 1. The van der Waals surface area contributed by atoms with Gasteiger partial charge in [0, 0.05) is 30.3 Å². The first kappa shape index (κ1) is 14.7. The molecule has 0 saturated carbocycles. The lowest BCUT2D eigenvalue weighted by Crippen LogP contribution is -1.97. The minimum Gasteiger partial charge on any atom is -0.305 e. The molecule has 0 aliphatic carbocycles. The van der Waals surface area contributed by atoms with Crippen LogP contribution < -0.4 is 0 Å². The highest BCUT2D eigenvalue weighted by molar-refractivity contribution is 7.99. The summed E-state index contributed by atoms with van der Waals surface area (Å²) in [6.07, 6.45) is 3.47. The highest BCUT2D eigenvalue weighted by Gasteiger charge is 2.15. The van der Waals surface area contributed by atoms with Crippen molar-refractivity contribution in [1.82, 2.24) is 19.7 Å².